The quantitative estimate of drug-likeness (QED) is 0.479. The Morgan fingerprint density at radius 3 is 2.51 bits per heavy atom. The van der Waals surface area contributed by atoms with E-state index in [9.17, 15) is 14.4 Å². The lowest BCUT2D eigenvalue weighted by Gasteiger charge is -2.10. The van der Waals surface area contributed by atoms with Crippen LogP contribution in [0.3, 0.4) is 0 Å². The molecular weight excluding hydrogens is 470 g/mol. The first-order valence-electron chi connectivity index (χ1n) is 10.9. The largest absolute Gasteiger partial charge is 0.465 e. The molecule has 0 saturated heterocycles. The monoisotopic (exact) mass is 495 g/mol. The zero-order chi connectivity index (χ0) is 25.1. The topological polar surface area (TPSA) is 100 Å². The van der Waals surface area contributed by atoms with Crippen molar-refractivity contribution >= 4 is 34.2 Å². The average Bonchev–Trinajstić information content (AvgIpc) is 3.41. The number of carbonyl (C=O) groups excluding carboxylic acids is 3. The number of carbonyl (C=O) groups is 3. The Hall–Kier alpha value is -3.85. The van der Waals surface area contributed by atoms with Gasteiger partial charge in [-0.2, -0.15) is 0 Å². The number of rotatable bonds is 7. The van der Waals surface area contributed by atoms with Gasteiger partial charge in [0.1, 0.15) is 5.00 Å². The molecule has 2 heterocycles. The van der Waals surface area contributed by atoms with Gasteiger partial charge < -0.3 is 24.3 Å². The molecule has 1 aliphatic heterocycles. The molecule has 8 nitrogen and oxygen atoms in total. The van der Waals surface area contributed by atoms with Crippen LogP contribution in [0.2, 0.25) is 0 Å². The van der Waals surface area contributed by atoms with Gasteiger partial charge in [0, 0.05) is 4.88 Å². The molecule has 0 saturated carbocycles. The maximum Gasteiger partial charge on any atom is 0.341 e. The lowest BCUT2D eigenvalue weighted by molar-refractivity contribution is -0.119. The summed E-state index contributed by atoms with van der Waals surface area (Å²) in [7, 11) is 1.29. The minimum absolute atomic E-state index is 0.175. The molecule has 0 atom stereocenters. The zero-order valence-electron chi connectivity index (χ0n) is 19.9. The second-order valence-corrected chi connectivity index (χ2v) is 9.36. The predicted molar refractivity (Wildman–Crippen MR) is 131 cm³/mol. The number of esters is 2. The van der Waals surface area contributed by atoms with Crippen molar-refractivity contribution in [2.24, 2.45) is 0 Å². The van der Waals surface area contributed by atoms with Crippen LogP contribution in [0.4, 0.5) is 5.00 Å². The molecule has 0 unspecified atom stereocenters. The van der Waals surface area contributed by atoms with E-state index in [4.69, 9.17) is 18.9 Å². The summed E-state index contributed by atoms with van der Waals surface area (Å²) in [6, 6.07) is 10.9. The van der Waals surface area contributed by atoms with Gasteiger partial charge in [0.15, 0.2) is 18.1 Å². The van der Waals surface area contributed by atoms with Gasteiger partial charge in [-0.3, -0.25) is 4.79 Å². The number of aryl methyl sites for hydroxylation is 3. The van der Waals surface area contributed by atoms with E-state index in [0.717, 1.165) is 27.1 Å². The number of hydrogen-bond donors (Lipinski definition) is 1. The van der Waals surface area contributed by atoms with Crippen molar-refractivity contribution in [1.82, 2.24) is 0 Å². The number of amides is 1. The molecular formula is C26H25NO7S. The molecule has 1 aliphatic rings. The molecule has 9 heteroatoms. The van der Waals surface area contributed by atoms with Crippen molar-refractivity contribution in [2.45, 2.75) is 27.2 Å². The van der Waals surface area contributed by atoms with Crippen LogP contribution in [0, 0.1) is 20.8 Å². The lowest BCUT2D eigenvalue weighted by Crippen LogP contribution is -2.22. The first kappa shape index (κ1) is 24.3. The minimum Gasteiger partial charge on any atom is -0.465 e. The van der Waals surface area contributed by atoms with Crippen LogP contribution in [0.1, 0.15) is 47.8 Å². The van der Waals surface area contributed by atoms with Crippen molar-refractivity contribution in [3.63, 3.8) is 0 Å². The standard InChI is InChI=1S/C26H25NO7S/c1-14-5-7-18(15(2)9-14)25(29)32-12-22(28)27-24-23(26(30)31-4)19(16(3)35-24)10-17-6-8-20-21(11-17)34-13-33-20/h5-9,11H,10,12-13H2,1-4H3,(H,27,28). The molecule has 0 fully saturated rings. The van der Waals surface area contributed by atoms with E-state index in [1.807, 2.05) is 51.1 Å². The third kappa shape index (κ3) is 5.30. The highest BCUT2D eigenvalue weighted by Gasteiger charge is 2.25. The summed E-state index contributed by atoms with van der Waals surface area (Å²) in [5.41, 5.74) is 4.13. The fourth-order valence-electron chi connectivity index (χ4n) is 3.87. The number of benzene rings is 2. The van der Waals surface area contributed by atoms with Gasteiger partial charge in [-0.25, -0.2) is 9.59 Å². The summed E-state index contributed by atoms with van der Waals surface area (Å²) < 4.78 is 21.0. The van der Waals surface area contributed by atoms with Gasteiger partial charge in [-0.05, 0) is 62.1 Å². The Kier molecular flexibility index (Phi) is 7.07. The number of hydrogen-bond acceptors (Lipinski definition) is 8. The average molecular weight is 496 g/mol. The van der Waals surface area contributed by atoms with Crippen LogP contribution >= 0.6 is 11.3 Å². The van der Waals surface area contributed by atoms with Crippen LogP contribution in [0.15, 0.2) is 36.4 Å². The highest BCUT2D eigenvalue weighted by molar-refractivity contribution is 7.16. The Morgan fingerprint density at radius 2 is 1.77 bits per heavy atom. The van der Waals surface area contributed by atoms with E-state index in [1.165, 1.54) is 18.4 Å². The fourth-order valence-corrected chi connectivity index (χ4v) is 4.94. The van der Waals surface area contributed by atoms with E-state index in [2.05, 4.69) is 5.32 Å². The smallest absolute Gasteiger partial charge is 0.341 e. The molecule has 0 bridgehead atoms. The summed E-state index contributed by atoms with van der Waals surface area (Å²) >= 11 is 1.26. The number of methoxy groups -OCH3 is 1. The van der Waals surface area contributed by atoms with E-state index in [-0.39, 0.29) is 12.4 Å². The SMILES string of the molecule is COC(=O)c1c(NC(=O)COC(=O)c2ccc(C)cc2C)sc(C)c1Cc1ccc2c(c1)OCO2. The van der Waals surface area contributed by atoms with E-state index >= 15 is 0 Å². The highest BCUT2D eigenvalue weighted by atomic mass is 32.1. The van der Waals surface area contributed by atoms with Crippen LogP contribution in [-0.4, -0.2) is 38.4 Å². The summed E-state index contributed by atoms with van der Waals surface area (Å²) in [6.45, 7) is 5.30. The van der Waals surface area contributed by atoms with E-state index in [0.29, 0.717) is 28.5 Å². The summed E-state index contributed by atoms with van der Waals surface area (Å²) in [5, 5.41) is 3.05. The normalized spacial score (nSPS) is 11.8. The van der Waals surface area contributed by atoms with Crippen molar-refractivity contribution < 1.29 is 33.3 Å². The van der Waals surface area contributed by atoms with Gasteiger partial charge in [-0.1, -0.05) is 23.8 Å². The van der Waals surface area contributed by atoms with Crippen molar-refractivity contribution in [3.8, 4) is 11.5 Å². The van der Waals surface area contributed by atoms with Crippen molar-refractivity contribution in [1.29, 1.82) is 0 Å². The molecule has 35 heavy (non-hydrogen) atoms. The van der Waals surface area contributed by atoms with Crippen LogP contribution in [-0.2, 0) is 20.7 Å². The number of anilines is 1. The van der Waals surface area contributed by atoms with Gasteiger partial charge in [0.05, 0.1) is 18.2 Å². The van der Waals surface area contributed by atoms with Gasteiger partial charge in [-0.15, -0.1) is 11.3 Å². The molecule has 182 valence electrons. The van der Waals surface area contributed by atoms with E-state index in [1.54, 1.807) is 6.07 Å². The third-order valence-corrected chi connectivity index (χ3v) is 6.67. The van der Waals surface area contributed by atoms with E-state index < -0.39 is 24.5 Å². The Labute approximate surface area is 206 Å². The third-order valence-electron chi connectivity index (χ3n) is 5.61. The summed E-state index contributed by atoms with van der Waals surface area (Å²) in [4.78, 5) is 38.5. The van der Waals surface area contributed by atoms with Crippen LogP contribution in [0.25, 0.3) is 0 Å². The number of ether oxygens (including phenoxy) is 4. The second kappa shape index (κ2) is 10.2. The molecule has 3 aromatic rings. The first-order valence-corrected chi connectivity index (χ1v) is 11.7. The highest BCUT2D eigenvalue weighted by Crippen LogP contribution is 2.37. The molecule has 1 aromatic heterocycles. The molecule has 1 amide bonds. The molecule has 2 aromatic carbocycles. The summed E-state index contributed by atoms with van der Waals surface area (Å²) in [5.74, 6) is -0.380. The Bertz CT molecular complexity index is 1310. The maximum absolute atomic E-state index is 12.6. The number of nitrogens with one attached hydrogen (secondary N) is 1. The van der Waals surface area contributed by atoms with Gasteiger partial charge in [0.25, 0.3) is 5.91 Å². The molecule has 4 rings (SSSR count). The molecule has 0 spiro atoms. The number of fused-ring (bicyclic) bond motifs is 1. The predicted octanol–water partition coefficient (Wildman–Crippen LogP) is 4.57. The molecule has 0 aliphatic carbocycles. The number of thiophene rings is 1. The molecule has 0 radical (unpaired) electrons. The van der Waals surface area contributed by atoms with Crippen molar-refractivity contribution in [3.05, 3.63) is 74.7 Å². The summed E-state index contributed by atoms with van der Waals surface area (Å²) in [6.07, 6.45) is 0.432. The first-order chi connectivity index (χ1) is 16.8. The van der Waals surface area contributed by atoms with Crippen molar-refractivity contribution in [2.75, 3.05) is 25.8 Å². The van der Waals surface area contributed by atoms with Gasteiger partial charge >= 0.3 is 11.9 Å². The zero-order valence-corrected chi connectivity index (χ0v) is 20.7. The minimum atomic E-state index is -0.586. The molecule has 1 N–H and O–H groups in total. The lowest BCUT2D eigenvalue weighted by atomic mass is 10.0. The van der Waals surface area contributed by atoms with Crippen LogP contribution < -0.4 is 14.8 Å². The maximum atomic E-state index is 12.6. The Morgan fingerprint density at radius 1 is 1.00 bits per heavy atom. The van der Waals surface area contributed by atoms with Gasteiger partial charge in [0.2, 0.25) is 6.79 Å². The van der Waals surface area contributed by atoms with Crippen LogP contribution in [0.5, 0.6) is 11.5 Å². The Balaban J connectivity index is 1.49. The fraction of sp³-hybridized carbons (Fsp3) is 0.269. The second-order valence-electron chi connectivity index (χ2n) is 8.14.